The fraction of sp³-hybridized carbons (Fsp3) is 0.308. The monoisotopic (exact) mass is 320 g/mol. The number of carboxylic acid groups (broad SMARTS) is 1. The third-order valence-corrected chi connectivity index (χ3v) is 3.06. The molecular formula is C13H17N2NaO4S. The molecule has 0 saturated carbocycles. The van der Waals surface area contributed by atoms with Gasteiger partial charge >= 0.3 is 35.5 Å². The Labute approximate surface area is 150 Å². The summed E-state index contributed by atoms with van der Waals surface area (Å²) in [5.74, 6) is -1.75. The van der Waals surface area contributed by atoms with E-state index in [1.165, 1.54) is 12.3 Å². The molecule has 21 heavy (non-hydrogen) atoms. The molecule has 0 heterocycles. The van der Waals surface area contributed by atoms with Crippen LogP contribution < -0.4 is 0 Å². The zero-order chi connectivity index (χ0) is 15.1. The van der Waals surface area contributed by atoms with Gasteiger partial charge in [-0.25, -0.2) is 5.01 Å². The second-order valence-corrected chi connectivity index (χ2v) is 4.54. The Morgan fingerprint density at radius 2 is 2.05 bits per heavy atom. The molecule has 6 nitrogen and oxygen atoms in total. The predicted molar refractivity (Wildman–Crippen MR) is 85.2 cm³/mol. The number of carboxylic acids is 1. The SMILES string of the molecule is CC(CS)C(=O)N(CC(=O)O)N=Cc1ccccc1O.[NaH]. The Bertz CT molecular complexity index is 525. The molecule has 8 heteroatoms. The van der Waals surface area contributed by atoms with Crippen molar-refractivity contribution in [2.24, 2.45) is 11.0 Å². The van der Waals surface area contributed by atoms with Gasteiger partial charge in [0.05, 0.1) is 6.21 Å². The normalized spacial score (nSPS) is 11.7. The van der Waals surface area contributed by atoms with Crippen LogP contribution in [0.4, 0.5) is 0 Å². The van der Waals surface area contributed by atoms with E-state index in [2.05, 4.69) is 17.7 Å². The maximum atomic E-state index is 12.0. The van der Waals surface area contributed by atoms with Gasteiger partial charge in [0.2, 0.25) is 5.91 Å². The van der Waals surface area contributed by atoms with E-state index in [1.807, 2.05) is 0 Å². The predicted octanol–water partition coefficient (Wildman–Crippen LogP) is 0.557. The van der Waals surface area contributed by atoms with Crippen molar-refractivity contribution < 1.29 is 19.8 Å². The number of carbonyl (C=O) groups excluding carboxylic acids is 1. The van der Waals surface area contributed by atoms with Gasteiger partial charge in [0.1, 0.15) is 12.3 Å². The summed E-state index contributed by atoms with van der Waals surface area (Å²) in [6.45, 7) is 1.10. The number of aliphatic carboxylic acids is 1. The summed E-state index contributed by atoms with van der Waals surface area (Å²) in [5.41, 5.74) is 0.397. The molecule has 110 valence electrons. The topological polar surface area (TPSA) is 90.2 Å². The Morgan fingerprint density at radius 1 is 1.43 bits per heavy atom. The van der Waals surface area contributed by atoms with Crippen molar-refractivity contribution in [1.29, 1.82) is 0 Å². The van der Waals surface area contributed by atoms with Crippen molar-refractivity contribution >= 4 is 60.3 Å². The number of para-hydroxylation sites is 1. The molecule has 0 aliphatic carbocycles. The molecule has 1 rings (SSSR count). The van der Waals surface area contributed by atoms with Crippen LogP contribution in [0.15, 0.2) is 29.4 Å². The number of hydrogen-bond acceptors (Lipinski definition) is 5. The fourth-order valence-electron chi connectivity index (χ4n) is 1.36. The van der Waals surface area contributed by atoms with E-state index in [9.17, 15) is 14.7 Å². The Morgan fingerprint density at radius 3 is 2.57 bits per heavy atom. The number of thiol groups is 1. The molecule has 0 aliphatic rings. The van der Waals surface area contributed by atoms with Crippen molar-refractivity contribution in [3.8, 4) is 5.75 Å². The zero-order valence-corrected chi connectivity index (χ0v) is 11.8. The first-order valence-electron chi connectivity index (χ1n) is 5.91. The number of phenols is 1. The number of phenolic OH excluding ortho intramolecular Hbond substituents is 1. The van der Waals surface area contributed by atoms with Gasteiger partial charge in [-0.1, -0.05) is 19.1 Å². The van der Waals surface area contributed by atoms with Crippen LogP contribution in [-0.4, -0.2) is 75.2 Å². The van der Waals surface area contributed by atoms with Crippen LogP contribution in [0.5, 0.6) is 5.75 Å². The van der Waals surface area contributed by atoms with Crippen molar-refractivity contribution in [3.63, 3.8) is 0 Å². The molecule has 0 spiro atoms. The number of amides is 1. The second kappa shape index (κ2) is 9.83. The first kappa shape index (κ1) is 20.0. The van der Waals surface area contributed by atoms with Crippen molar-refractivity contribution in [3.05, 3.63) is 29.8 Å². The molecule has 0 aliphatic heterocycles. The molecule has 0 fully saturated rings. The van der Waals surface area contributed by atoms with Gasteiger partial charge in [0.15, 0.2) is 0 Å². The van der Waals surface area contributed by atoms with Crippen LogP contribution in [0.2, 0.25) is 0 Å². The standard InChI is InChI=1S/C13H16N2O4S.Na.H/c1-9(8-20)13(19)15(7-12(17)18)14-6-10-4-2-3-5-11(10)16;;/h2-6,9,16,20H,7-8H2,1H3,(H,17,18);;. The van der Waals surface area contributed by atoms with Gasteiger partial charge in [0, 0.05) is 17.2 Å². The van der Waals surface area contributed by atoms with E-state index < -0.39 is 24.3 Å². The number of hydrazone groups is 1. The van der Waals surface area contributed by atoms with Gasteiger partial charge in [0.25, 0.3) is 0 Å². The molecule has 1 aromatic rings. The van der Waals surface area contributed by atoms with Crippen molar-refractivity contribution in [2.75, 3.05) is 12.3 Å². The van der Waals surface area contributed by atoms with Gasteiger partial charge < -0.3 is 10.2 Å². The van der Waals surface area contributed by atoms with Crippen LogP contribution in [0.1, 0.15) is 12.5 Å². The van der Waals surface area contributed by atoms with Crippen molar-refractivity contribution in [2.45, 2.75) is 6.92 Å². The molecule has 0 radical (unpaired) electrons. The minimum absolute atomic E-state index is 0. The number of rotatable bonds is 6. The van der Waals surface area contributed by atoms with Crippen LogP contribution >= 0.6 is 12.6 Å². The molecule has 0 aromatic heterocycles. The molecule has 0 saturated heterocycles. The molecule has 1 atom stereocenters. The van der Waals surface area contributed by atoms with Crippen molar-refractivity contribution in [1.82, 2.24) is 5.01 Å². The molecule has 1 amide bonds. The van der Waals surface area contributed by atoms with Crippen LogP contribution in [-0.2, 0) is 9.59 Å². The maximum absolute atomic E-state index is 12.0. The average molecular weight is 320 g/mol. The third kappa shape index (κ3) is 6.52. The Hall–Kier alpha value is -1.02. The summed E-state index contributed by atoms with van der Waals surface area (Å²) >= 11 is 4.01. The van der Waals surface area contributed by atoms with E-state index in [-0.39, 0.29) is 35.3 Å². The van der Waals surface area contributed by atoms with Crippen LogP contribution in [0, 0.1) is 5.92 Å². The summed E-state index contributed by atoms with van der Waals surface area (Å²) in [6, 6.07) is 6.42. The Kier molecular flexibility index (Phi) is 9.36. The molecule has 1 unspecified atom stereocenters. The van der Waals surface area contributed by atoms with Gasteiger partial charge in [-0.05, 0) is 12.1 Å². The van der Waals surface area contributed by atoms with E-state index in [0.717, 1.165) is 5.01 Å². The quantitative estimate of drug-likeness (QED) is 0.309. The molecule has 2 N–H and O–H groups in total. The Balaban J connectivity index is 0.00000400. The summed E-state index contributed by atoms with van der Waals surface area (Å²) in [5, 5.41) is 23.1. The first-order chi connectivity index (χ1) is 9.45. The van der Waals surface area contributed by atoms with E-state index in [4.69, 9.17) is 5.11 Å². The van der Waals surface area contributed by atoms with Gasteiger partial charge in [-0.2, -0.15) is 17.7 Å². The fourth-order valence-corrected chi connectivity index (χ4v) is 1.52. The van der Waals surface area contributed by atoms with E-state index in [0.29, 0.717) is 11.3 Å². The summed E-state index contributed by atoms with van der Waals surface area (Å²) in [7, 11) is 0. The number of aromatic hydroxyl groups is 1. The average Bonchev–Trinajstić information content (AvgIpc) is 2.42. The van der Waals surface area contributed by atoms with Gasteiger partial charge in [-0.15, -0.1) is 0 Å². The second-order valence-electron chi connectivity index (χ2n) is 4.18. The van der Waals surface area contributed by atoms with Gasteiger partial charge in [-0.3, -0.25) is 9.59 Å². The number of benzene rings is 1. The zero-order valence-electron chi connectivity index (χ0n) is 10.9. The van der Waals surface area contributed by atoms with Crippen LogP contribution in [0.25, 0.3) is 0 Å². The third-order valence-electron chi connectivity index (χ3n) is 2.51. The number of carbonyl (C=O) groups is 2. The summed E-state index contributed by atoms with van der Waals surface area (Å²) < 4.78 is 0. The van der Waals surface area contributed by atoms with E-state index in [1.54, 1.807) is 25.1 Å². The number of nitrogens with zero attached hydrogens (tertiary/aromatic N) is 2. The van der Waals surface area contributed by atoms with E-state index >= 15 is 0 Å². The molecule has 0 bridgehead atoms. The molecule has 1 aromatic carbocycles. The van der Waals surface area contributed by atoms with Crippen LogP contribution in [0.3, 0.4) is 0 Å². The first-order valence-corrected chi connectivity index (χ1v) is 6.55. The summed E-state index contributed by atoms with van der Waals surface area (Å²) in [4.78, 5) is 22.7. The number of hydrogen-bond donors (Lipinski definition) is 3. The molecular weight excluding hydrogens is 303 g/mol. The summed E-state index contributed by atoms with van der Waals surface area (Å²) in [6.07, 6.45) is 1.25. The minimum atomic E-state index is -1.17.